The number of aromatic amines is 1. The average molecular weight is 225 g/mol. The molecule has 0 bridgehead atoms. The molecule has 3 rings (SSSR count). The molecule has 3 N–H and O–H groups in total. The van der Waals surface area contributed by atoms with Crippen molar-refractivity contribution in [2.45, 2.75) is 0 Å². The lowest BCUT2D eigenvalue weighted by atomic mass is 9.98. The van der Waals surface area contributed by atoms with Crippen LogP contribution in [0.25, 0.3) is 11.3 Å². The van der Waals surface area contributed by atoms with E-state index in [0.717, 1.165) is 5.56 Å². The number of carbonyl (C=O) groups excluding carboxylic acids is 1. The molecule has 0 atom stereocenters. The first-order valence-corrected chi connectivity index (χ1v) is 5.12. The maximum Gasteiger partial charge on any atom is 0.281 e. The number of hydrogen-bond acceptors (Lipinski definition) is 3. The largest absolute Gasteiger partial charge is 0.397 e. The molecule has 0 aliphatic carbocycles. The highest BCUT2D eigenvalue weighted by molar-refractivity contribution is 6.29. The molecule has 1 aromatic heterocycles. The fraction of sp³-hybridized carbons (Fsp3) is 0. The Hall–Kier alpha value is -2.56. The molecule has 1 radical (unpaired) electrons. The highest BCUT2D eigenvalue weighted by Gasteiger charge is 2.27. The molecule has 2 aromatic rings. The van der Waals surface area contributed by atoms with Crippen LogP contribution in [0.4, 0.5) is 5.82 Å². The molecular formula is C12H9N4O. The number of benzene rings is 1. The Labute approximate surface area is 97.3 Å². The highest BCUT2D eigenvalue weighted by Crippen LogP contribution is 2.31. The van der Waals surface area contributed by atoms with Gasteiger partial charge in [-0.15, -0.1) is 0 Å². The molecule has 1 aliphatic rings. The Bertz CT molecular complexity index is 612. The molecule has 0 spiro atoms. The zero-order valence-electron chi connectivity index (χ0n) is 8.84. The van der Waals surface area contributed by atoms with Crippen LogP contribution in [0.2, 0.25) is 0 Å². The van der Waals surface area contributed by atoms with Gasteiger partial charge in [-0.05, 0) is 5.56 Å². The molecule has 1 amide bonds. The van der Waals surface area contributed by atoms with Crippen LogP contribution in [-0.2, 0) is 4.79 Å². The predicted molar refractivity (Wildman–Crippen MR) is 62.8 cm³/mol. The van der Waals surface area contributed by atoms with E-state index in [4.69, 9.17) is 5.73 Å². The summed E-state index contributed by atoms with van der Waals surface area (Å²) in [7, 11) is 0. The molecule has 17 heavy (non-hydrogen) atoms. The Morgan fingerprint density at radius 1 is 1.18 bits per heavy atom. The lowest BCUT2D eigenvalue weighted by Gasteiger charge is -2.15. The SMILES string of the molecule is NC1=C(c2ccccc2)C(=O)[N]c2[nH]ncc21. The van der Waals surface area contributed by atoms with Crippen LogP contribution < -0.4 is 11.1 Å². The number of rotatable bonds is 1. The van der Waals surface area contributed by atoms with Crippen LogP contribution in [0.3, 0.4) is 0 Å². The number of nitrogens with zero attached hydrogens (tertiary/aromatic N) is 2. The molecular weight excluding hydrogens is 216 g/mol. The van der Waals surface area contributed by atoms with Crippen LogP contribution in [0.15, 0.2) is 36.5 Å². The van der Waals surface area contributed by atoms with Crippen molar-refractivity contribution in [3.05, 3.63) is 47.7 Å². The monoisotopic (exact) mass is 225 g/mol. The topological polar surface area (TPSA) is 85.9 Å². The molecule has 83 valence electrons. The lowest BCUT2D eigenvalue weighted by Crippen LogP contribution is -2.22. The van der Waals surface area contributed by atoms with E-state index < -0.39 is 0 Å². The van der Waals surface area contributed by atoms with E-state index >= 15 is 0 Å². The molecule has 0 saturated heterocycles. The molecule has 5 heteroatoms. The normalized spacial score (nSPS) is 14.5. The van der Waals surface area contributed by atoms with Crippen molar-refractivity contribution in [3.63, 3.8) is 0 Å². The molecule has 1 aromatic carbocycles. The van der Waals surface area contributed by atoms with Crippen molar-refractivity contribution >= 4 is 23.0 Å². The maximum absolute atomic E-state index is 11.9. The van der Waals surface area contributed by atoms with Crippen LogP contribution in [0, 0.1) is 0 Å². The summed E-state index contributed by atoms with van der Waals surface area (Å²) in [6, 6.07) is 9.26. The zero-order chi connectivity index (χ0) is 11.8. The number of fused-ring (bicyclic) bond motifs is 1. The standard InChI is InChI=1S/C12H9N4O/c13-10-8-6-14-16-11(8)15-12(17)9(10)7-4-2-1-3-5-7/h1-6H,13H2,(H,14,16). The van der Waals surface area contributed by atoms with E-state index in [0.29, 0.717) is 22.7 Å². The number of nitrogens with two attached hydrogens (primary N) is 1. The van der Waals surface area contributed by atoms with Gasteiger partial charge < -0.3 is 5.73 Å². The Morgan fingerprint density at radius 3 is 2.71 bits per heavy atom. The van der Waals surface area contributed by atoms with Gasteiger partial charge in [-0.25, -0.2) is 0 Å². The third kappa shape index (κ3) is 1.40. The summed E-state index contributed by atoms with van der Waals surface area (Å²) in [4.78, 5) is 11.9. The highest BCUT2D eigenvalue weighted by atomic mass is 16.1. The van der Waals surface area contributed by atoms with Crippen LogP contribution in [-0.4, -0.2) is 16.1 Å². The molecule has 0 saturated carbocycles. The second-order valence-corrected chi connectivity index (χ2v) is 3.70. The van der Waals surface area contributed by atoms with Crippen molar-refractivity contribution < 1.29 is 4.79 Å². The van der Waals surface area contributed by atoms with Gasteiger partial charge in [-0.1, -0.05) is 30.3 Å². The average Bonchev–Trinajstić information content (AvgIpc) is 2.78. The Morgan fingerprint density at radius 2 is 1.94 bits per heavy atom. The van der Waals surface area contributed by atoms with Crippen molar-refractivity contribution in [2.75, 3.05) is 0 Å². The maximum atomic E-state index is 11.9. The molecule has 2 heterocycles. The van der Waals surface area contributed by atoms with Gasteiger partial charge in [0.2, 0.25) is 0 Å². The van der Waals surface area contributed by atoms with Crippen LogP contribution in [0.5, 0.6) is 0 Å². The smallest absolute Gasteiger partial charge is 0.281 e. The zero-order valence-corrected chi connectivity index (χ0v) is 8.84. The molecule has 5 nitrogen and oxygen atoms in total. The first-order valence-electron chi connectivity index (χ1n) is 5.12. The second kappa shape index (κ2) is 3.48. The van der Waals surface area contributed by atoms with Crippen molar-refractivity contribution in [3.8, 4) is 0 Å². The van der Waals surface area contributed by atoms with Gasteiger partial charge >= 0.3 is 0 Å². The summed E-state index contributed by atoms with van der Waals surface area (Å²) in [6.45, 7) is 0. The molecule has 1 aliphatic heterocycles. The van der Waals surface area contributed by atoms with E-state index in [1.807, 2.05) is 30.3 Å². The lowest BCUT2D eigenvalue weighted by molar-refractivity contribution is -0.114. The minimum atomic E-state index is -0.342. The third-order valence-corrected chi connectivity index (χ3v) is 2.67. The van der Waals surface area contributed by atoms with Crippen LogP contribution in [0.1, 0.15) is 11.1 Å². The van der Waals surface area contributed by atoms with Crippen LogP contribution >= 0.6 is 0 Å². The van der Waals surface area contributed by atoms with Crippen molar-refractivity contribution in [2.24, 2.45) is 5.73 Å². The fourth-order valence-electron chi connectivity index (χ4n) is 1.85. The summed E-state index contributed by atoms with van der Waals surface area (Å²) in [6.07, 6.45) is 1.57. The number of amides is 1. The number of H-pyrrole nitrogens is 1. The molecule has 0 unspecified atom stereocenters. The van der Waals surface area contributed by atoms with E-state index in [9.17, 15) is 4.79 Å². The van der Waals surface area contributed by atoms with Gasteiger partial charge in [0.25, 0.3) is 5.91 Å². The second-order valence-electron chi connectivity index (χ2n) is 3.70. The minimum absolute atomic E-state index is 0.342. The first kappa shape index (κ1) is 9.65. The number of aromatic nitrogens is 2. The summed E-state index contributed by atoms with van der Waals surface area (Å²) in [5.41, 5.74) is 8.28. The summed E-state index contributed by atoms with van der Waals surface area (Å²) in [5.74, 6) is 0.0811. The van der Waals surface area contributed by atoms with Gasteiger partial charge in [-0.2, -0.15) is 10.4 Å². The number of carbonyl (C=O) groups is 1. The third-order valence-electron chi connectivity index (χ3n) is 2.67. The summed E-state index contributed by atoms with van der Waals surface area (Å²) in [5, 5.41) is 10.4. The summed E-state index contributed by atoms with van der Waals surface area (Å²) >= 11 is 0. The number of hydrogen-bond donors (Lipinski definition) is 2. The van der Waals surface area contributed by atoms with E-state index in [1.165, 1.54) is 0 Å². The van der Waals surface area contributed by atoms with E-state index in [-0.39, 0.29) is 5.91 Å². The Kier molecular flexibility index (Phi) is 1.98. The van der Waals surface area contributed by atoms with Gasteiger partial charge in [0.15, 0.2) is 5.82 Å². The van der Waals surface area contributed by atoms with Gasteiger partial charge in [0.1, 0.15) is 0 Å². The van der Waals surface area contributed by atoms with E-state index in [1.54, 1.807) is 6.20 Å². The number of nitrogens with one attached hydrogen (secondary N) is 1. The predicted octanol–water partition coefficient (Wildman–Crippen LogP) is 1.01. The molecule has 0 fully saturated rings. The Balaban J connectivity index is 2.22. The van der Waals surface area contributed by atoms with Crippen molar-refractivity contribution in [1.29, 1.82) is 0 Å². The van der Waals surface area contributed by atoms with Gasteiger partial charge in [-0.3, -0.25) is 9.89 Å². The van der Waals surface area contributed by atoms with Gasteiger partial charge in [0.05, 0.1) is 23.0 Å². The van der Waals surface area contributed by atoms with Crippen molar-refractivity contribution in [1.82, 2.24) is 15.5 Å². The fourth-order valence-corrected chi connectivity index (χ4v) is 1.85. The minimum Gasteiger partial charge on any atom is -0.397 e. The quantitative estimate of drug-likeness (QED) is 0.759. The van der Waals surface area contributed by atoms with Gasteiger partial charge in [0, 0.05) is 0 Å². The van der Waals surface area contributed by atoms with E-state index in [2.05, 4.69) is 15.5 Å². The first-order chi connectivity index (χ1) is 8.27. The summed E-state index contributed by atoms with van der Waals surface area (Å²) < 4.78 is 0.